The van der Waals surface area contributed by atoms with E-state index in [-0.39, 0.29) is 17.6 Å². The number of anilines is 1. The van der Waals surface area contributed by atoms with Crippen LogP contribution in [-0.2, 0) is 0 Å². The Kier molecular flexibility index (Phi) is 5.33. The molecule has 2 aromatic carbocycles. The predicted molar refractivity (Wildman–Crippen MR) is 129 cm³/mol. The zero-order valence-corrected chi connectivity index (χ0v) is 18.9. The average molecular weight is 454 g/mol. The number of fused-ring (bicyclic) bond motifs is 3. The fourth-order valence-electron chi connectivity index (χ4n) is 4.15. The normalized spacial score (nSPS) is 12.1. The second kappa shape index (κ2) is 8.47. The number of hydrogen-bond acceptors (Lipinski definition) is 7. The third kappa shape index (κ3) is 3.69. The van der Waals surface area contributed by atoms with Crippen molar-refractivity contribution in [3.8, 4) is 17.1 Å². The molecule has 0 radical (unpaired) electrons. The molecule has 0 bridgehead atoms. The highest BCUT2D eigenvalue weighted by Crippen LogP contribution is 2.38. The van der Waals surface area contributed by atoms with E-state index in [1.807, 2.05) is 38.1 Å². The number of ether oxygens (including phenoxy) is 1. The van der Waals surface area contributed by atoms with Crippen molar-refractivity contribution in [2.24, 2.45) is 0 Å². The van der Waals surface area contributed by atoms with Crippen molar-refractivity contribution in [3.63, 3.8) is 0 Å². The minimum Gasteiger partial charge on any atom is -0.478 e. The summed E-state index contributed by atoms with van der Waals surface area (Å²) in [6.07, 6.45) is 5.11. The number of methoxy groups -OCH3 is 1. The quantitative estimate of drug-likeness (QED) is 0.340. The summed E-state index contributed by atoms with van der Waals surface area (Å²) in [6.45, 7) is 3.99. The third-order valence-electron chi connectivity index (χ3n) is 5.74. The van der Waals surface area contributed by atoms with Gasteiger partial charge in [-0.25, -0.2) is 14.8 Å². The lowest BCUT2D eigenvalue weighted by atomic mass is 10.0. The van der Waals surface area contributed by atoms with Gasteiger partial charge in [0.05, 0.1) is 18.7 Å². The molecule has 8 heteroatoms. The minimum atomic E-state index is -0.982. The third-order valence-corrected chi connectivity index (χ3v) is 5.74. The Morgan fingerprint density at radius 1 is 1.09 bits per heavy atom. The smallest absolute Gasteiger partial charge is 0.337 e. The Bertz CT molecular complexity index is 1530. The van der Waals surface area contributed by atoms with Crippen LogP contribution >= 0.6 is 0 Å². The zero-order valence-electron chi connectivity index (χ0n) is 18.9. The number of rotatable bonds is 6. The second-order valence-corrected chi connectivity index (χ2v) is 8.04. The molecule has 5 aromatic rings. The number of aryl methyl sites for hydroxylation is 1. The van der Waals surface area contributed by atoms with Gasteiger partial charge < -0.3 is 19.6 Å². The molecule has 0 amide bonds. The fourth-order valence-corrected chi connectivity index (χ4v) is 4.15. The first-order chi connectivity index (χ1) is 16.5. The van der Waals surface area contributed by atoms with Crippen LogP contribution in [0.25, 0.3) is 33.2 Å². The van der Waals surface area contributed by atoms with E-state index in [2.05, 4.69) is 20.3 Å². The number of pyridine rings is 1. The SMILES string of the molecule is COc1ncc(-c2ccnc3c2oc2c([C@@H](C)Nc4ccccc4C(=O)O)cc(C)cc23)cn1. The van der Waals surface area contributed by atoms with Gasteiger partial charge >= 0.3 is 12.0 Å². The maximum Gasteiger partial charge on any atom is 0.337 e. The summed E-state index contributed by atoms with van der Waals surface area (Å²) in [4.78, 5) is 24.7. The highest BCUT2D eigenvalue weighted by atomic mass is 16.5. The molecule has 0 spiro atoms. The average Bonchev–Trinajstić information content (AvgIpc) is 3.22. The number of aromatic carboxylic acids is 1. The highest BCUT2D eigenvalue weighted by Gasteiger charge is 2.21. The van der Waals surface area contributed by atoms with Gasteiger partial charge in [-0.15, -0.1) is 0 Å². The van der Waals surface area contributed by atoms with Crippen molar-refractivity contribution in [1.29, 1.82) is 0 Å². The molecule has 34 heavy (non-hydrogen) atoms. The lowest BCUT2D eigenvalue weighted by Gasteiger charge is -2.18. The van der Waals surface area contributed by atoms with E-state index >= 15 is 0 Å². The van der Waals surface area contributed by atoms with Crippen LogP contribution in [0, 0.1) is 6.92 Å². The molecule has 0 aliphatic rings. The van der Waals surface area contributed by atoms with Crippen molar-refractivity contribution in [2.45, 2.75) is 19.9 Å². The molecule has 1 atom stereocenters. The number of nitrogens with zero attached hydrogens (tertiary/aromatic N) is 3. The van der Waals surface area contributed by atoms with E-state index in [0.29, 0.717) is 16.9 Å². The van der Waals surface area contributed by atoms with E-state index in [9.17, 15) is 9.90 Å². The summed E-state index contributed by atoms with van der Waals surface area (Å²) in [5.74, 6) is -0.982. The molecule has 0 fully saturated rings. The fraction of sp³-hybridized carbons (Fsp3) is 0.154. The van der Waals surface area contributed by atoms with Crippen molar-refractivity contribution in [3.05, 3.63) is 77.7 Å². The zero-order chi connectivity index (χ0) is 23.8. The van der Waals surface area contributed by atoms with Crippen LogP contribution in [0.3, 0.4) is 0 Å². The van der Waals surface area contributed by atoms with E-state index in [1.165, 1.54) is 7.11 Å². The number of carboxylic acids is 1. The molecule has 0 saturated heterocycles. The van der Waals surface area contributed by atoms with Gasteiger partial charge in [-0.1, -0.05) is 18.2 Å². The molecule has 170 valence electrons. The minimum absolute atomic E-state index is 0.214. The molecule has 3 heterocycles. The molecule has 0 saturated carbocycles. The molecular formula is C26H22N4O4. The van der Waals surface area contributed by atoms with Gasteiger partial charge in [-0.05, 0) is 43.7 Å². The number of furan rings is 1. The maximum atomic E-state index is 11.7. The van der Waals surface area contributed by atoms with Gasteiger partial charge in [-0.3, -0.25) is 4.98 Å². The first kappa shape index (κ1) is 21.4. The highest BCUT2D eigenvalue weighted by molar-refractivity contribution is 6.08. The van der Waals surface area contributed by atoms with Crippen molar-refractivity contribution < 1.29 is 19.1 Å². The lowest BCUT2D eigenvalue weighted by Crippen LogP contribution is -2.11. The molecule has 2 N–H and O–H groups in total. The predicted octanol–water partition coefficient (Wildman–Crippen LogP) is 5.63. The van der Waals surface area contributed by atoms with Gasteiger partial charge in [0.2, 0.25) is 0 Å². The van der Waals surface area contributed by atoms with Crippen LogP contribution in [0.4, 0.5) is 5.69 Å². The summed E-state index contributed by atoms with van der Waals surface area (Å²) >= 11 is 0. The monoisotopic (exact) mass is 454 g/mol. The lowest BCUT2D eigenvalue weighted by molar-refractivity contribution is 0.0698. The Morgan fingerprint density at radius 3 is 2.59 bits per heavy atom. The Hall–Kier alpha value is -4.46. The molecule has 8 nitrogen and oxygen atoms in total. The standard InChI is InChI=1S/C26H22N4O4/c1-14-10-19(15(2)30-21-7-5-4-6-18(21)25(31)32)23-20(11-14)22-24(34-23)17(8-9-27-22)16-12-28-26(33-3)29-13-16/h4-13,15,30H,1-3H3,(H,31,32)/t15-/m1/s1. The number of carboxylic acid groups (broad SMARTS) is 1. The van der Waals surface area contributed by atoms with Crippen molar-refractivity contribution in [2.75, 3.05) is 12.4 Å². The van der Waals surface area contributed by atoms with Gasteiger partial charge in [0.25, 0.3) is 0 Å². The summed E-state index contributed by atoms with van der Waals surface area (Å²) in [5.41, 5.74) is 6.39. The van der Waals surface area contributed by atoms with Crippen molar-refractivity contribution in [1.82, 2.24) is 15.0 Å². The van der Waals surface area contributed by atoms with Gasteiger partial charge in [0.1, 0.15) is 11.1 Å². The molecular weight excluding hydrogens is 432 g/mol. The number of para-hydroxylation sites is 1. The van der Waals surface area contributed by atoms with Gasteiger partial charge in [0.15, 0.2) is 5.58 Å². The number of nitrogens with one attached hydrogen (secondary N) is 1. The molecule has 5 rings (SSSR count). The number of carbonyl (C=O) groups is 1. The summed E-state index contributed by atoms with van der Waals surface area (Å²) in [6, 6.07) is 12.9. The largest absolute Gasteiger partial charge is 0.478 e. The summed E-state index contributed by atoms with van der Waals surface area (Å²) in [5, 5.41) is 13.8. The number of aromatic nitrogens is 3. The Morgan fingerprint density at radius 2 is 1.85 bits per heavy atom. The first-order valence-electron chi connectivity index (χ1n) is 10.7. The Labute approximate surface area is 195 Å². The van der Waals surface area contributed by atoms with Gasteiger partial charge in [-0.2, -0.15) is 0 Å². The van der Waals surface area contributed by atoms with E-state index in [0.717, 1.165) is 33.2 Å². The maximum absolute atomic E-state index is 11.7. The van der Waals surface area contributed by atoms with Crippen molar-refractivity contribution >= 4 is 33.7 Å². The van der Waals surface area contributed by atoms with Crippen LogP contribution in [0.5, 0.6) is 6.01 Å². The molecule has 0 aliphatic heterocycles. The van der Waals surface area contributed by atoms with Crippen LogP contribution in [0.15, 0.2) is 65.5 Å². The first-order valence-corrected chi connectivity index (χ1v) is 10.7. The number of hydrogen-bond donors (Lipinski definition) is 2. The van der Waals surface area contributed by atoms with E-state index in [4.69, 9.17) is 9.15 Å². The van der Waals surface area contributed by atoms with Crippen LogP contribution in [0.2, 0.25) is 0 Å². The van der Waals surface area contributed by atoms with Gasteiger partial charge in [0, 0.05) is 46.4 Å². The molecule has 0 unspecified atom stereocenters. The van der Waals surface area contributed by atoms with E-state index in [1.54, 1.807) is 36.8 Å². The molecule has 0 aliphatic carbocycles. The molecule has 3 aromatic heterocycles. The Balaban J connectivity index is 1.64. The van der Waals surface area contributed by atoms with E-state index < -0.39 is 5.97 Å². The van der Waals surface area contributed by atoms with Crippen LogP contribution in [0.1, 0.15) is 34.5 Å². The summed E-state index contributed by atoms with van der Waals surface area (Å²) < 4.78 is 11.5. The van der Waals surface area contributed by atoms with Crippen LogP contribution < -0.4 is 10.1 Å². The van der Waals surface area contributed by atoms with Crippen LogP contribution in [-0.4, -0.2) is 33.1 Å². The second-order valence-electron chi connectivity index (χ2n) is 8.04. The topological polar surface area (TPSA) is 110 Å². The number of benzene rings is 2. The summed E-state index contributed by atoms with van der Waals surface area (Å²) in [7, 11) is 1.52.